The van der Waals surface area contributed by atoms with E-state index in [1.807, 2.05) is 30.3 Å². The van der Waals surface area contributed by atoms with Crippen molar-refractivity contribution in [3.05, 3.63) is 88.8 Å². The van der Waals surface area contributed by atoms with E-state index in [2.05, 4.69) is 0 Å². The Bertz CT molecular complexity index is 910. The van der Waals surface area contributed by atoms with E-state index >= 15 is 0 Å². The van der Waals surface area contributed by atoms with Crippen LogP contribution in [-0.2, 0) is 6.61 Å². The molecule has 0 aliphatic carbocycles. The minimum Gasteiger partial charge on any atom is -0.493 e. The lowest BCUT2D eigenvalue weighted by Crippen LogP contribution is -1.96. The van der Waals surface area contributed by atoms with Crippen LogP contribution in [-0.4, -0.2) is 12.9 Å². The number of hydrogen-bond acceptors (Lipinski definition) is 4. The van der Waals surface area contributed by atoms with Crippen molar-refractivity contribution in [2.45, 2.75) is 6.61 Å². The van der Waals surface area contributed by atoms with Crippen molar-refractivity contribution in [3.8, 4) is 11.5 Å². The number of ketones is 1. The lowest BCUT2D eigenvalue weighted by molar-refractivity contribution is 0.104. The minimum absolute atomic E-state index is 0.120. The van der Waals surface area contributed by atoms with Crippen LogP contribution in [0.15, 0.2) is 71.2 Å². The highest BCUT2D eigenvalue weighted by Gasteiger charge is 2.06. The zero-order chi connectivity index (χ0) is 18.4. The third kappa shape index (κ3) is 4.55. The van der Waals surface area contributed by atoms with Crippen molar-refractivity contribution in [1.29, 1.82) is 0 Å². The first-order valence-corrected chi connectivity index (χ1v) is 8.36. The third-order valence-electron chi connectivity index (χ3n) is 3.65. The van der Waals surface area contributed by atoms with E-state index in [4.69, 9.17) is 25.5 Å². The molecule has 0 fully saturated rings. The third-order valence-corrected chi connectivity index (χ3v) is 3.90. The van der Waals surface area contributed by atoms with Crippen molar-refractivity contribution in [3.63, 3.8) is 0 Å². The summed E-state index contributed by atoms with van der Waals surface area (Å²) in [6, 6.07) is 17.7. The molecule has 0 saturated heterocycles. The molecular weight excluding hydrogens is 352 g/mol. The number of benzene rings is 2. The zero-order valence-corrected chi connectivity index (χ0v) is 14.9. The van der Waals surface area contributed by atoms with Gasteiger partial charge in [0.1, 0.15) is 18.1 Å². The highest BCUT2D eigenvalue weighted by Crippen LogP contribution is 2.26. The van der Waals surface area contributed by atoms with E-state index in [9.17, 15) is 4.79 Å². The molecule has 0 bridgehead atoms. The number of para-hydroxylation sites is 2. The molecule has 0 aliphatic rings. The number of hydrogen-bond donors (Lipinski definition) is 0. The maximum Gasteiger partial charge on any atom is 0.185 e. The molecule has 2 aromatic carbocycles. The summed E-state index contributed by atoms with van der Waals surface area (Å²) in [5.41, 5.74) is 0.567. The first kappa shape index (κ1) is 17.8. The summed E-state index contributed by atoms with van der Waals surface area (Å²) in [6.45, 7) is 0.263. The topological polar surface area (TPSA) is 48.7 Å². The largest absolute Gasteiger partial charge is 0.493 e. The van der Waals surface area contributed by atoms with E-state index in [1.54, 1.807) is 43.5 Å². The number of methoxy groups -OCH3 is 1. The number of ether oxygens (including phenoxy) is 2. The molecule has 26 heavy (non-hydrogen) atoms. The van der Waals surface area contributed by atoms with Gasteiger partial charge in [0.05, 0.1) is 7.11 Å². The predicted octanol–water partition coefficient (Wildman–Crippen LogP) is 5.42. The van der Waals surface area contributed by atoms with Gasteiger partial charge in [-0.05, 0) is 60.7 Å². The molecule has 0 unspecified atom stereocenters. The first-order chi connectivity index (χ1) is 12.7. The van der Waals surface area contributed by atoms with Gasteiger partial charge in [0.15, 0.2) is 17.3 Å². The average Bonchev–Trinajstić information content (AvgIpc) is 3.13. The standard InChI is InChI=1S/C21H17ClO4/c1-24-20-4-2-3-5-21(20)25-14-18-11-10-17(26-18)12-13-19(23)15-6-8-16(22)9-7-15/h2-13H,14H2,1H3/b13-12+. The Hall–Kier alpha value is -2.98. The van der Waals surface area contributed by atoms with Gasteiger partial charge in [0.2, 0.25) is 0 Å². The summed E-state index contributed by atoms with van der Waals surface area (Å²) in [7, 11) is 1.59. The SMILES string of the molecule is COc1ccccc1OCc1ccc(/C=C/C(=O)c2ccc(Cl)cc2)o1. The number of halogens is 1. The van der Waals surface area contributed by atoms with Crippen molar-refractivity contribution in [2.24, 2.45) is 0 Å². The molecular formula is C21H17ClO4. The van der Waals surface area contributed by atoms with E-state index in [0.29, 0.717) is 33.6 Å². The second-order valence-electron chi connectivity index (χ2n) is 5.45. The fourth-order valence-electron chi connectivity index (χ4n) is 2.32. The number of carbonyl (C=O) groups excluding carboxylic acids is 1. The maximum absolute atomic E-state index is 12.1. The van der Waals surface area contributed by atoms with Gasteiger partial charge in [0.25, 0.3) is 0 Å². The van der Waals surface area contributed by atoms with Crippen molar-refractivity contribution in [1.82, 2.24) is 0 Å². The monoisotopic (exact) mass is 368 g/mol. The molecule has 0 aliphatic heterocycles. The van der Waals surface area contributed by atoms with Gasteiger partial charge in [-0.25, -0.2) is 0 Å². The van der Waals surface area contributed by atoms with Gasteiger partial charge < -0.3 is 13.9 Å². The van der Waals surface area contributed by atoms with Crippen molar-refractivity contribution >= 4 is 23.5 Å². The second-order valence-corrected chi connectivity index (χ2v) is 5.88. The van der Waals surface area contributed by atoms with Crippen LogP contribution in [0.3, 0.4) is 0 Å². The highest BCUT2D eigenvalue weighted by atomic mass is 35.5. The van der Waals surface area contributed by atoms with E-state index in [0.717, 1.165) is 0 Å². The highest BCUT2D eigenvalue weighted by molar-refractivity contribution is 6.30. The summed E-state index contributed by atoms with van der Waals surface area (Å²) in [5, 5.41) is 0.594. The number of allylic oxidation sites excluding steroid dienone is 1. The molecule has 132 valence electrons. The Balaban J connectivity index is 1.60. The molecule has 5 heteroatoms. The Morgan fingerprint density at radius 3 is 2.50 bits per heavy atom. The van der Waals surface area contributed by atoms with Crippen LogP contribution in [0, 0.1) is 0 Å². The Kier molecular flexibility index (Phi) is 5.77. The van der Waals surface area contributed by atoms with Crippen LogP contribution in [0.4, 0.5) is 0 Å². The van der Waals surface area contributed by atoms with E-state index < -0.39 is 0 Å². The fraction of sp³-hybridized carbons (Fsp3) is 0.0952. The van der Waals surface area contributed by atoms with E-state index in [-0.39, 0.29) is 12.4 Å². The van der Waals surface area contributed by atoms with Gasteiger partial charge in [-0.2, -0.15) is 0 Å². The fourth-order valence-corrected chi connectivity index (χ4v) is 2.44. The second kappa shape index (κ2) is 8.41. The lowest BCUT2D eigenvalue weighted by atomic mass is 10.1. The Morgan fingerprint density at radius 2 is 1.77 bits per heavy atom. The molecule has 0 N–H and O–H groups in total. The predicted molar refractivity (Wildman–Crippen MR) is 101 cm³/mol. The number of rotatable bonds is 7. The molecule has 1 aromatic heterocycles. The van der Waals surface area contributed by atoms with Crippen molar-refractivity contribution < 1.29 is 18.7 Å². The number of furan rings is 1. The van der Waals surface area contributed by atoms with Gasteiger partial charge in [-0.3, -0.25) is 4.79 Å². The minimum atomic E-state index is -0.120. The molecule has 1 heterocycles. The molecule has 0 radical (unpaired) electrons. The first-order valence-electron chi connectivity index (χ1n) is 7.98. The van der Waals surface area contributed by atoms with Gasteiger partial charge in [-0.1, -0.05) is 23.7 Å². The summed E-state index contributed by atoms with van der Waals surface area (Å²) in [5.74, 6) is 2.40. The zero-order valence-electron chi connectivity index (χ0n) is 14.1. The average molecular weight is 369 g/mol. The van der Waals surface area contributed by atoms with Crippen LogP contribution in [0.1, 0.15) is 21.9 Å². The normalized spacial score (nSPS) is 10.8. The van der Waals surface area contributed by atoms with Crippen LogP contribution >= 0.6 is 11.6 Å². The summed E-state index contributed by atoms with van der Waals surface area (Å²) < 4.78 is 16.6. The summed E-state index contributed by atoms with van der Waals surface area (Å²) in [4.78, 5) is 12.1. The Morgan fingerprint density at radius 1 is 1.04 bits per heavy atom. The molecule has 3 rings (SSSR count). The van der Waals surface area contributed by atoms with E-state index in [1.165, 1.54) is 6.08 Å². The lowest BCUT2D eigenvalue weighted by Gasteiger charge is -2.08. The van der Waals surface area contributed by atoms with Gasteiger partial charge in [0, 0.05) is 10.6 Å². The maximum atomic E-state index is 12.1. The van der Waals surface area contributed by atoms with Crippen LogP contribution in [0.25, 0.3) is 6.08 Å². The molecule has 3 aromatic rings. The van der Waals surface area contributed by atoms with Crippen LogP contribution in [0.2, 0.25) is 5.02 Å². The summed E-state index contributed by atoms with van der Waals surface area (Å²) >= 11 is 5.82. The van der Waals surface area contributed by atoms with Gasteiger partial charge >= 0.3 is 0 Å². The van der Waals surface area contributed by atoms with Gasteiger partial charge in [-0.15, -0.1) is 0 Å². The molecule has 0 spiro atoms. The molecule has 0 amide bonds. The van der Waals surface area contributed by atoms with Crippen LogP contribution in [0.5, 0.6) is 11.5 Å². The van der Waals surface area contributed by atoms with Crippen LogP contribution < -0.4 is 9.47 Å². The van der Waals surface area contributed by atoms with Crippen molar-refractivity contribution in [2.75, 3.05) is 7.11 Å². The Labute approximate surface area is 156 Å². The molecule has 0 atom stereocenters. The smallest absolute Gasteiger partial charge is 0.185 e. The number of carbonyl (C=O) groups is 1. The molecule has 0 saturated carbocycles. The summed E-state index contributed by atoms with van der Waals surface area (Å²) in [6.07, 6.45) is 3.09. The quantitative estimate of drug-likeness (QED) is 0.413. The molecule has 4 nitrogen and oxygen atoms in total.